The topological polar surface area (TPSA) is 81.2 Å². The van der Waals surface area contributed by atoms with E-state index in [0.29, 0.717) is 13.1 Å². The van der Waals surface area contributed by atoms with E-state index < -0.39 is 0 Å². The normalized spacial score (nSPS) is 20.4. The molecule has 0 aromatic carbocycles. The lowest BCUT2D eigenvalue weighted by atomic mass is 9.97. The second kappa shape index (κ2) is 7.25. The molecule has 1 amide bonds. The Bertz CT molecular complexity index is 378. The van der Waals surface area contributed by atoms with Crippen molar-refractivity contribution in [3.63, 3.8) is 0 Å². The van der Waals surface area contributed by atoms with Gasteiger partial charge in [-0.1, -0.05) is 0 Å². The van der Waals surface area contributed by atoms with Gasteiger partial charge < -0.3 is 15.3 Å². The molecule has 2 rings (SSSR count). The van der Waals surface area contributed by atoms with Crippen LogP contribution in [0.2, 0.25) is 0 Å². The molecule has 0 radical (unpaired) electrons. The summed E-state index contributed by atoms with van der Waals surface area (Å²) in [6.45, 7) is 3.21. The highest BCUT2D eigenvalue weighted by Gasteiger charge is 2.24. The smallest absolute Gasteiger partial charge is 0.224 e. The van der Waals surface area contributed by atoms with Crippen LogP contribution < -0.4 is 5.32 Å². The summed E-state index contributed by atoms with van der Waals surface area (Å²) in [5, 5.41) is 18.7. The molecule has 0 bridgehead atoms. The van der Waals surface area contributed by atoms with Gasteiger partial charge in [0.05, 0.1) is 12.5 Å². The molecule has 19 heavy (non-hydrogen) atoms. The lowest BCUT2D eigenvalue weighted by Gasteiger charge is -2.31. The van der Waals surface area contributed by atoms with Gasteiger partial charge in [-0.25, -0.2) is 0 Å². The van der Waals surface area contributed by atoms with Crippen molar-refractivity contribution in [2.75, 3.05) is 32.8 Å². The Morgan fingerprint density at radius 3 is 3.26 bits per heavy atom. The van der Waals surface area contributed by atoms with Gasteiger partial charge in [0.25, 0.3) is 0 Å². The number of likely N-dealkylation sites (tertiary alicyclic amines) is 1. The Hall–Kier alpha value is -1.40. The first kappa shape index (κ1) is 14.0. The van der Waals surface area contributed by atoms with E-state index in [1.165, 1.54) is 0 Å². The molecule has 1 atom stereocenters. The molecule has 106 valence electrons. The highest BCUT2D eigenvalue weighted by Crippen LogP contribution is 2.16. The van der Waals surface area contributed by atoms with E-state index >= 15 is 0 Å². The zero-order valence-corrected chi connectivity index (χ0v) is 11.1. The summed E-state index contributed by atoms with van der Waals surface area (Å²) >= 11 is 0. The third kappa shape index (κ3) is 4.33. The van der Waals surface area contributed by atoms with Crippen molar-refractivity contribution in [1.82, 2.24) is 20.4 Å². The van der Waals surface area contributed by atoms with Gasteiger partial charge in [0.1, 0.15) is 0 Å². The fourth-order valence-electron chi connectivity index (χ4n) is 2.50. The van der Waals surface area contributed by atoms with Crippen LogP contribution in [0.15, 0.2) is 12.3 Å². The van der Waals surface area contributed by atoms with Crippen molar-refractivity contribution in [2.24, 2.45) is 5.92 Å². The molecule has 1 fully saturated rings. The summed E-state index contributed by atoms with van der Waals surface area (Å²) < 4.78 is 0. The minimum absolute atomic E-state index is 0.0575. The summed E-state index contributed by atoms with van der Waals surface area (Å²) in [5.74, 6) is 0.184. The van der Waals surface area contributed by atoms with E-state index in [0.717, 1.165) is 38.0 Å². The predicted molar refractivity (Wildman–Crippen MR) is 71.6 cm³/mol. The molecular weight excluding hydrogens is 244 g/mol. The van der Waals surface area contributed by atoms with Crippen LogP contribution in [0, 0.1) is 5.92 Å². The monoisotopic (exact) mass is 266 g/mol. The molecular formula is C13H22N4O2. The van der Waals surface area contributed by atoms with Crippen molar-refractivity contribution in [2.45, 2.75) is 19.3 Å². The lowest BCUT2D eigenvalue weighted by molar-refractivity contribution is -0.126. The number of piperidine rings is 1. The fraction of sp³-hybridized carbons (Fsp3) is 0.692. The fourth-order valence-corrected chi connectivity index (χ4v) is 2.50. The maximum absolute atomic E-state index is 12.1. The average molecular weight is 266 g/mol. The zero-order chi connectivity index (χ0) is 13.5. The minimum atomic E-state index is 0.0575. The summed E-state index contributed by atoms with van der Waals surface area (Å²) in [6, 6.07) is 1.91. The first-order valence-corrected chi connectivity index (χ1v) is 6.89. The Morgan fingerprint density at radius 1 is 1.63 bits per heavy atom. The Balaban J connectivity index is 1.70. The van der Waals surface area contributed by atoms with Gasteiger partial charge in [0, 0.05) is 37.9 Å². The molecule has 0 unspecified atom stereocenters. The largest absolute Gasteiger partial charge is 0.395 e. The van der Waals surface area contributed by atoms with Gasteiger partial charge in [-0.2, -0.15) is 5.10 Å². The molecule has 3 N–H and O–H groups in total. The van der Waals surface area contributed by atoms with Crippen LogP contribution >= 0.6 is 0 Å². The third-order valence-electron chi connectivity index (χ3n) is 3.54. The number of aliphatic hydroxyl groups is 1. The van der Waals surface area contributed by atoms with Gasteiger partial charge in [-0.05, 0) is 25.5 Å². The average Bonchev–Trinajstić information content (AvgIpc) is 2.92. The van der Waals surface area contributed by atoms with Crippen molar-refractivity contribution in [3.05, 3.63) is 18.0 Å². The van der Waals surface area contributed by atoms with Crippen LogP contribution in [-0.2, 0) is 11.2 Å². The van der Waals surface area contributed by atoms with E-state index in [4.69, 9.17) is 5.11 Å². The molecule has 6 heteroatoms. The molecule has 1 aliphatic rings. The van der Waals surface area contributed by atoms with E-state index in [2.05, 4.69) is 20.4 Å². The number of hydrogen-bond donors (Lipinski definition) is 3. The maximum Gasteiger partial charge on any atom is 0.224 e. The number of hydrogen-bond acceptors (Lipinski definition) is 4. The number of nitrogens with one attached hydrogen (secondary N) is 2. The molecule has 2 heterocycles. The summed E-state index contributed by atoms with van der Waals surface area (Å²) in [4.78, 5) is 14.2. The van der Waals surface area contributed by atoms with Crippen LogP contribution in [0.1, 0.15) is 18.5 Å². The van der Waals surface area contributed by atoms with Crippen molar-refractivity contribution in [3.8, 4) is 0 Å². The van der Waals surface area contributed by atoms with Gasteiger partial charge in [-0.15, -0.1) is 0 Å². The number of carbonyl (C=O) groups excluding carboxylic acids is 1. The molecule has 1 aromatic rings. The number of aliphatic hydroxyl groups excluding tert-OH is 1. The molecule has 6 nitrogen and oxygen atoms in total. The molecule has 0 aliphatic carbocycles. The Labute approximate surface area is 113 Å². The molecule has 1 aliphatic heterocycles. The SMILES string of the molecule is O=C(NCCc1ccn[nH]1)[C@@H]1CCCN(CCO)C1. The van der Waals surface area contributed by atoms with Crippen LogP contribution in [0.5, 0.6) is 0 Å². The van der Waals surface area contributed by atoms with Crippen LogP contribution in [0.4, 0.5) is 0 Å². The summed E-state index contributed by atoms with van der Waals surface area (Å²) in [5.41, 5.74) is 1.03. The highest BCUT2D eigenvalue weighted by atomic mass is 16.3. The van der Waals surface area contributed by atoms with E-state index in [-0.39, 0.29) is 18.4 Å². The highest BCUT2D eigenvalue weighted by molar-refractivity contribution is 5.78. The van der Waals surface area contributed by atoms with Crippen molar-refractivity contribution >= 4 is 5.91 Å². The molecule has 1 aromatic heterocycles. The molecule has 1 saturated heterocycles. The second-order valence-electron chi connectivity index (χ2n) is 4.99. The van der Waals surface area contributed by atoms with Gasteiger partial charge >= 0.3 is 0 Å². The Kier molecular flexibility index (Phi) is 5.35. The molecule has 0 saturated carbocycles. The zero-order valence-electron chi connectivity index (χ0n) is 11.1. The number of H-pyrrole nitrogens is 1. The minimum Gasteiger partial charge on any atom is -0.395 e. The predicted octanol–water partition coefficient (Wildman–Crippen LogP) is -0.227. The van der Waals surface area contributed by atoms with E-state index in [1.807, 2.05) is 6.07 Å². The lowest BCUT2D eigenvalue weighted by Crippen LogP contribution is -2.44. The van der Waals surface area contributed by atoms with Crippen LogP contribution in [0.25, 0.3) is 0 Å². The second-order valence-corrected chi connectivity index (χ2v) is 4.99. The van der Waals surface area contributed by atoms with E-state index in [1.54, 1.807) is 6.20 Å². The van der Waals surface area contributed by atoms with Crippen LogP contribution in [-0.4, -0.2) is 58.9 Å². The maximum atomic E-state index is 12.1. The standard InChI is InChI=1S/C13H22N4O2/c18-9-8-17-7-1-2-11(10-17)13(19)14-5-3-12-4-6-15-16-12/h4,6,11,18H,1-3,5,7-10H2,(H,14,19)(H,15,16)/t11-/m1/s1. The quantitative estimate of drug-likeness (QED) is 0.664. The first-order valence-electron chi connectivity index (χ1n) is 6.89. The van der Waals surface area contributed by atoms with E-state index in [9.17, 15) is 4.79 Å². The van der Waals surface area contributed by atoms with Crippen molar-refractivity contribution in [1.29, 1.82) is 0 Å². The Morgan fingerprint density at radius 2 is 2.53 bits per heavy atom. The van der Waals surface area contributed by atoms with Crippen LogP contribution in [0.3, 0.4) is 0 Å². The van der Waals surface area contributed by atoms with Gasteiger partial charge in [0.15, 0.2) is 0 Å². The number of aromatic nitrogens is 2. The number of amides is 1. The first-order chi connectivity index (χ1) is 9.29. The van der Waals surface area contributed by atoms with Gasteiger partial charge in [0.2, 0.25) is 5.91 Å². The molecule has 0 spiro atoms. The number of nitrogens with zero attached hydrogens (tertiary/aromatic N) is 2. The summed E-state index contributed by atoms with van der Waals surface area (Å²) in [7, 11) is 0. The number of carbonyl (C=O) groups is 1. The van der Waals surface area contributed by atoms with Gasteiger partial charge in [-0.3, -0.25) is 9.89 Å². The number of β-amino-alcohol motifs (C(OH)–C–C–N with tert-alkyl or cyclic N) is 1. The van der Waals surface area contributed by atoms with Crippen molar-refractivity contribution < 1.29 is 9.90 Å². The number of rotatable bonds is 6. The third-order valence-corrected chi connectivity index (χ3v) is 3.54. The summed E-state index contributed by atoms with van der Waals surface area (Å²) in [6.07, 6.45) is 4.46. The number of aromatic amines is 1.